The predicted octanol–water partition coefficient (Wildman–Crippen LogP) is 2.24. The molecule has 0 bridgehead atoms. The van der Waals surface area contributed by atoms with Gasteiger partial charge in [0.15, 0.2) is 0 Å². The average molecular weight is 260 g/mol. The van der Waals surface area contributed by atoms with E-state index in [1.165, 1.54) is 4.88 Å². The molecule has 0 saturated carbocycles. The van der Waals surface area contributed by atoms with Gasteiger partial charge in [-0.05, 0) is 17.9 Å². The molecule has 1 fully saturated rings. The number of hydrogen-bond donors (Lipinski definition) is 0. The second-order valence-corrected chi connectivity index (χ2v) is 5.23. The van der Waals surface area contributed by atoms with Gasteiger partial charge in [0.1, 0.15) is 0 Å². The van der Waals surface area contributed by atoms with Crippen molar-refractivity contribution < 1.29 is 4.79 Å². The second kappa shape index (κ2) is 3.80. The van der Waals surface area contributed by atoms with Crippen molar-refractivity contribution in [1.29, 1.82) is 0 Å². The molecule has 1 aliphatic heterocycles. The maximum atomic E-state index is 11.5. The van der Waals surface area contributed by atoms with Crippen molar-refractivity contribution in [1.82, 2.24) is 4.90 Å². The van der Waals surface area contributed by atoms with Gasteiger partial charge in [-0.25, -0.2) is 0 Å². The molecule has 1 saturated heterocycles. The van der Waals surface area contributed by atoms with Crippen LogP contribution < -0.4 is 0 Å². The van der Waals surface area contributed by atoms with Gasteiger partial charge < -0.3 is 4.90 Å². The number of carbonyl (C=O) groups is 1. The largest absolute Gasteiger partial charge is 0.337 e. The molecule has 2 heterocycles. The Kier molecular flexibility index (Phi) is 2.69. The van der Waals surface area contributed by atoms with Crippen molar-refractivity contribution in [2.24, 2.45) is 0 Å². The highest BCUT2D eigenvalue weighted by molar-refractivity contribution is 9.10. The minimum absolute atomic E-state index is 0.0486. The van der Waals surface area contributed by atoms with E-state index in [2.05, 4.69) is 22.0 Å². The van der Waals surface area contributed by atoms with Gasteiger partial charge in [0.25, 0.3) is 0 Å². The fourth-order valence-electron chi connectivity index (χ4n) is 1.45. The van der Waals surface area contributed by atoms with Crippen molar-refractivity contribution in [3.8, 4) is 0 Å². The van der Waals surface area contributed by atoms with Crippen molar-refractivity contribution >= 4 is 33.2 Å². The molecule has 2 rings (SSSR count). The molecule has 0 unspecified atom stereocenters. The lowest BCUT2D eigenvalue weighted by molar-refractivity contribution is -0.127. The van der Waals surface area contributed by atoms with Gasteiger partial charge in [0.2, 0.25) is 5.91 Å². The quantitative estimate of drug-likeness (QED) is 0.747. The number of carbonyl (C=O) groups excluding carboxylic acids is 1. The molecule has 70 valence electrons. The first-order chi connectivity index (χ1) is 6.27. The molecule has 1 aromatic heterocycles. The standard InChI is InChI=1S/C9H10BrNOS/c10-8-3-4-11(9(8)12)6-7-2-1-5-13-7/h1-2,5,8H,3-4,6H2/t8-/m0/s1. The summed E-state index contributed by atoms with van der Waals surface area (Å²) in [6.45, 7) is 1.66. The Hall–Kier alpha value is -0.350. The van der Waals surface area contributed by atoms with Gasteiger partial charge in [-0.15, -0.1) is 11.3 Å². The summed E-state index contributed by atoms with van der Waals surface area (Å²) >= 11 is 5.06. The molecule has 0 aliphatic carbocycles. The van der Waals surface area contributed by atoms with Crippen LogP contribution in [0.3, 0.4) is 0 Å². The highest BCUT2D eigenvalue weighted by atomic mass is 79.9. The maximum Gasteiger partial charge on any atom is 0.236 e. The van der Waals surface area contributed by atoms with Gasteiger partial charge in [0, 0.05) is 11.4 Å². The summed E-state index contributed by atoms with van der Waals surface area (Å²) in [6, 6.07) is 4.09. The Bertz CT molecular complexity index is 299. The van der Waals surface area contributed by atoms with Crippen molar-refractivity contribution in [2.75, 3.05) is 6.54 Å². The van der Waals surface area contributed by atoms with E-state index in [-0.39, 0.29) is 10.7 Å². The molecule has 4 heteroatoms. The number of hydrogen-bond acceptors (Lipinski definition) is 2. The number of rotatable bonds is 2. The van der Waals surface area contributed by atoms with Crippen LogP contribution in [0.5, 0.6) is 0 Å². The van der Waals surface area contributed by atoms with Crippen LogP contribution in [0.25, 0.3) is 0 Å². The zero-order valence-electron chi connectivity index (χ0n) is 7.07. The van der Waals surface area contributed by atoms with Crippen LogP contribution in [0.15, 0.2) is 17.5 Å². The van der Waals surface area contributed by atoms with Gasteiger partial charge in [0.05, 0.1) is 11.4 Å². The van der Waals surface area contributed by atoms with E-state index in [0.29, 0.717) is 0 Å². The Morgan fingerprint density at radius 3 is 3.08 bits per heavy atom. The minimum Gasteiger partial charge on any atom is -0.337 e. The number of amides is 1. The zero-order valence-corrected chi connectivity index (χ0v) is 9.47. The maximum absolute atomic E-state index is 11.5. The lowest BCUT2D eigenvalue weighted by atomic mass is 10.4. The number of likely N-dealkylation sites (tertiary alicyclic amines) is 1. The highest BCUT2D eigenvalue weighted by Gasteiger charge is 2.29. The van der Waals surface area contributed by atoms with E-state index in [4.69, 9.17) is 0 Å². The number of thiophene rings is 1. The van der Waals surface area contributed by atoms with Crippen LogP contribution in [-0.4, -0.2) is 22.2 Å². The van der Waals surface area contributed by atoms with Gasteiger partial charge >= 0.3 is 0 Å². The third-order valence-corrected chi connectivity index (χ3v) is 3.87. The minimum atomic E-state index is 0.0486. The Labute approximate surface area is 89.7 Å². The lowest BCUT2D eigenvalue weighted by Crippen LogP contribution is -2.26. The van der Waals surface area contributed by atoms with E-state index in [1.807, 2.05) is 16.3 Å². The summed E-state index contributed by atoms with van der Waals surface area (Å²) < 4.78 is 0. The molecule has 0 N–H and O–H groups in total. The third kappa shape index (κ3) is 1.94. The lowest BCUT2D eigenvalue weighted by Gasteiger charge is -2.13. The molecule has 13 heavy (non-hydrogen) atoms. The molecular weight excluding hydrogens is 250 g/mol. The predicted molar refractivity (Wildman–Crippen MR) is 57.1 cm³/mol. The normalized spacial score (nSPS) is 22.7. The molecule has 1 atom stereocenters. The van der Waals surface area contributed by atoms with Gasteiger partial charge in [-0.2, -0.15) is 0 Å². The van der Waals surface area contributed by atoms with Crippen LogP contribution in [0, 0.1) is 0 Å². The fourth-order valence-corrected chi connectivity index (χ4v) is 2.66. The third-order valence-electron chi connectivity index (χ3n) is 2.16. The summed E-state index contributed by atoms with van der Waals surface area (Å²) in [4.78, 5) is 14.7. The molecule has 0 aromatic carbocycles. The Balaban J connectivity index is 2.00. The number of nitrogens with zero attached hydrogens (tertiary/aromatic N) is 1. The summed E-state index contributed by atoms with van der Waals surface area (Å²) in [5.74, 6) is 0.230. The van der Waals surface area contributed by atoms with E-state index >= 15 is 0 Å². The Morgan fingerprint density at radius 1 is 1.69 bits per heavy atom. The van der Waals surface area contributed by atoms with Crippen molar-refractivity contribution in [3.05, 3.63) is 22.4 Å². The summed E-state index contributed by atoms with van der Waals surface area (Å²) in [7, 11) is 0. The summed E-state index contributed by atoms with van der Waals surface area (Å²) in [5, 5.41) is 2.04. The zero-order chi connectivity index (χ0) is 9.26. The number of halogens is 1. The molecule has 1 aliphatic rings. The van der Waals surface area contributed by atoms with Crippen LogP contribution in [0.1, 0.15) is 11.3 Å². The molecule has 0 spiro atoms. The molecular formula is C9H10BrNOS. The molecule has 0 radical (unpaired) electrons. The van der Waals surface area contributed by atoms with Crippen molar-refractivity contribution in [2.45, 2.75) is 17.8 Å². The Morgan fingerprint density at radius 2 is 2.54 bits per heavy atom. The topological polar surface area (TPSA) is 20.3 Å². The first-order valence-electron chi connectivity index (χ1n) is 4.22. The van der Waals surface area contributed by atoms with E-state index in [0.717, 1.165) is 19.5 Å². The monoisotopic (exact) mass is 259 g/mol. The van der Waals surface area contributed by atoms with Crippen molar-refractivity contribution in [3.63, 3.8) is 0 Å². The average Bonchev–Trinajstić information content (AvgIpc) is 2.71. The van der Waals surface area contributed by atoms with Gasteiger partial charge in [-0.3, -0.25) is 4.79 Å². The number of alkyl halides is 1. The first kappa shape index (κ1) is 9.21. The SMILES string of the molecule is O=C1[C@@H](Br)CCN1Cc1cccs1. The van der Waals surface area contributed by atoms with E-state index < -0.39 is 0 Å². The molecule has 1 aromatic rings. The van der Waals surface area contributed by atoms with Gasteiger partial charge in [-0.1, -0.05) is 22.0 Å². The second-order valence-electron chi connectivity index (χ2n) is 3.10. The summed E-state index contributed by atoms with van der Waals surface area (Å²) in [5.41, 5.74) is 0. The smallest absolute Gasteiger partial charge is 0.236 e. The fraction of sp³-hybridized carbons (Fsp3) is 0.444. The first-order valence-corrected chi connectivity index (χ1v) is 6.02. The van der Waals surface area contributed by atoms with Crippen LogP contribution in [-0.2, 0) is 11.3 Å². The highest BCUT2D eigenvalue weighted by Crippen LogP contribution is 2.21. The van der Waals surface area contributed by atoms with Crippen LogP contribution in [0.2, 0.25) is 0 Å². The van der Waals surface area contributed by atoms with Crippen LogP contribution >= 0.6 is 27.3 Å². The molecule has 2 nitrogen and oxygen atoms in total. The summed E-state index contributed by atoms with van der Waals surface area (Å²) in [6.07, 6.45) is 0.935. The van der Waals surface area contributed by atoms with Crippen LogP contribution in [0.4, 0.5) is 0 Å². The van der Waals surface area contributed by atoms with E-state index in [9.17, 15) is 4.79 Å². The molecule has 1 amide bonds. The van der Waals surface area contributed by atoms with E-state index in [1.54, 1.807) is 11.3 Å².